The molecule has 0 spiro atoms. The van der Waals surface area contributed by atoms with Gasteiger partial charge in [-0.2, -0.15) is 15.0 Å². The van der Waals surface area contributed by atoms with Crippen molar-refractivity contribution in [2.24, 2.45) is 0 Å². The zero-order chi connectivity index (χ0) is 14.8. The van der Waals surface area contributed by atoms with Gasteiger partial charge in [0.15, 0.2) is 0 Å². The minimum absolute atomic E-state index is 0.179. The van der Waals surface area contributed by atoms with Gasteiger partial charge in [0.05, 0.1) is 5.52 Å². The Bertz CT molecular complexity index is 785. The van der Waals surface area contributed by atoms with Crippen molar-refractivity contribution in [2.75, 3.05) is 30.0 Å². The fraction of sp³-hybridized carbons (Fsp3) is 0.143. The summed E-state index contributed by atoms with van der Waals surface area (Å²) < 4.78 is 0. The number of hydrogen-bond donors (Lipinski definition) is 2. The Hall–Kier alpha value is -2.96. The minimum Gasteiger partial charge on any atom is -0.368 e. The molecule has 0 aliphatic rings. The molecule has 106 valence electrons. The second-order valence-electron chi connectivity index (χ2n) is 4.75. The Balaban J connectivity index is 1.94. The van der Waals surface area contributed by atoms with Crippen molar-refractivity contribution < 1.29 is 0 Å². The third-order valence-corrected chi connectivity index (χ3v) is 2.90. The van der Waals surface area contributed by atoms with Crippen molar-refractivity contribution >= 4 is 34.4 Å². The van der Waals surface area contributed by atoms with Gasteiger partial charge in [-0.05, 0) is 24.3 Å². The monoisotopic (exact) mass is 281 g/mol. The van der Waals surface area contributed by atoms with Crippen molar-refractivity contribution in [3.63, 3.8) is 0 Å². The van der Waals surface area contributed by atoms with E-state index in [1.807, 2.05) is 44.4 Å². The molecule has 0 saturated carbocycles. The molecular weight excluding hydrogens is 266 g/mol. The van der Waals surface area contributed by atoms with Crippen LogP contribution in [0.4, 0.5) is 23.5 Å². The molecule has 3 N–H and O–H groups in total. The highest BCUT2D eigenvalue weighted by Crippen LogP contribution is 2.20. The lowest BCUT2D eigenvalue weighted by molar-refractivity contribution is 0.969. The van der Waals surface area contributed by atoms with Crippen molar-refractivity contribution in [3.05, 3.63) is 36.5 Å². The van der Waals surface area contributed by atoms with Crippen LogP contribution in [0.15, 0.2) is 36.5 Å². The predicted molar refractivity (Wildman–Crippen MR) is 83.6 cm³/mol. The normalized spacial score (nSPS) is 10.6. The van der Waals surface area contributed by atoms with Crippen LogP contribution < -0.4 is 16.0 Å². The number of nitrogens with one attached hydrogen (secondary N) is 1. The number of anilines is 4. The van der Waals surface area contributed by atoms with Crippen molar-refractivity contribution in [2.45, 2.75) is 0 Å². The molecule has 0 saturated heterocycles. The summed E-state index contributed by atoms with van der Waals surface area (Å²) in [6, 6.07) is 9.75. The van der Waals surface area contributed by atoms with E-state index < -0.39 is 0 Å². The van der Waals surface area contributed by atoms with Crippen LogP contribution in [-0.2, 0) is 0 Å². The van der Waals surface area contributed by atoms with Gasteiger partial charge in [0, 0.05) is 31.4 Å². The highest BCUT2D eigenvalue weighted by molar-refractivity contribution is 5.82. The van der Waals surface area contributed by atoms with Gasteiger partial charge in [0.25, 0.3) is 0 Å². The van der Waals surface area contributed by atoms with Crippen LogP contribution in [0.5, 0.6) is 0 Å². The zero-order valence-corrected chi connectivity index (χ0v) is 11.8. The molecule has 0 radical (unpaired) electrons. The molecule has 0 amide bonds. The number of rotatable bonds is 3. The second kappa shape index (κ2) is 5.20. The molecule has 3 aromatic rings. The van der Waals surface area contributed by atoms with E-state index in [9.17, 15) is 0 Å². The molecule has 0 bridgehead atoms. The van der Waals surface area contributed by atoms with E-state index in [2.05, 4.69) is 25.3 Å². The van der Waals surface area contributed by atoms with Crippen LogP contribution in [0.25, 0.3) is 10.9 Å². The number of nitrogen functional groups attached to an aromatic ring is 1. The third kappa shape index (κ3) is 2.81. The largest absolute Gasteiger partial charge is 0.368 e. The van der Waals surface area contributed by atoms with E-state index in [0.29, 0.717) is 11.9 Å². The molecule has 2 aromatic heterocycles. The second-order valence-corrected chi connectivity index (χ2v) is 4.75. The van der Waals surface area contributed by atoms with Crippen LogP contribution >= 0.6 is 0 Å². The van der Waals surface area contributed by atoms with Gasteiger partial charge in [-0.1, -0.05) is 6.07 Å². The number of fused-ring (bicyclic) bond motifs is 1. The maximum absolute atomic E-state index is 5.70. The molecule has 0 aliphatic heterocycles. The van der Waals surface area contributed by atoms with Crippen molar-refractivity contribution in [1.29, 1.82) is 0 Å². The topological polar surface area (TPSA) is 92.9 Å². The first kappa shape index (κ1) is 13.0. The molecule has 2 heterocycles. The van der Waals surface area contributed by atoms with Crippen molar-refractivity contribution in [1.82, 2.24) is 19.9 Å². The molecule has 0 unspecified atom stereocenters. The molecule has 1 aromatic carbocycles. The fourth-order valence-corrected chi connectivity index (χ4v) is 1.92. The lowest BCUT2D eigenvalue weighted by Gasteiger charge is -2.12. The van der Waals surface area contributed by atoms with Crippen LogP contribution in [0.3, 0.4) is 0 Å². The lowest BCUT2D eigenvalue weighted by Crippen LogP contribution is -2.15. The summed E-state index contributed by atoms with van der Waals surface area (Å²) in [6.45, 7) is 0. The Labute approximate surface area is 121 Å². The molecular formula is C14H15N7. The van der Waals surface area contributed by atoms with E-state index in [4.69, 9.17) is 5.73 Å². The smallest absolute Gasteiger partial charge is 0.233 e. The Kier molecular flexibility index (Phi) is 3.23. The molecule has 0 aliphatic carbocycles. The van der Waals surface area contributed by atoms with Gasteiger partial charge >= 0.3 is 0 Å². The van der Waals surface area contributed by atoms with Gasteiger partial charge < -0.3 is 16.0 Å². The van der Waals surface area contributed by atoms with Crippen LogP contribution in [0.2, 0.25) is 0 Å². The first-order valence-electron chi connectivity index (χ1n) is 6.42. The van der Waals surface area contributed by atoms with E-state index in [1.54, 1.807) is 11.1 Å². The quantitative estimate of drug-likeness (QED) is 0.756. The fourth-order valence-electron chi connectivity index (χ4n) is 1.92. The number of hydrogen-bond acceptors (Lipinski definition) is 7. The van der Waals surface area contributed by atoms with Crippen LogP contribution in [0.1, 0.15) is 0 Å². The minimum atomic E-state index is 0.179. The van der Waals surface area contributed by atoms with Gasteiger partial charge in [-0.25, -0.2) is 0 Å². The number of aromatic nitrogens is 4. The SMILES string of the molecule is CN(C)c1nc(N)nc(Nc2ccc3ncccc3c2)n1. The summed E-state index contributed by atoms with van der Waals surface area (Å²) in [7, 11) is 3.69. The standard InChI is InChI=1S/C14H15N7/c1-21(2)14-19-12(15)18-13(20-14)17-10-5-6-11-9(8-10)4-3-7-16-11/h3-8H,1-2H3,(H3,15,17,18,19,20). The number of nitrogens with zero attached hydrogens (tertiary/aromatic N) is 5. The first-order valence-corrected chi connectivity index (χ1v) is 6.42. The highest BCUT2D eigenvalue weighted by atomic mass is 15.3. The molecule has 3 rings (SSSR count). The van der Waals surface area contributed by atoms with E-state index in [-0.39, 0.29) is 5.95 Å². The summed E-state index contributed by atoms with van der Waals surface area (Å²) in [6.07, 6.45) is 1.77. The summed E-state index contributed by atoms with van der Waals surface area (Å²) in [5.41, 5.74) is 7.51. The average Bonchev–Trinajstić information content (AvgIpc) is 2.46. The van der Waals surface area contributed by atoms with Gasteiger partial charge in [-0.3, -0.25) is 4.98 Å². The van der Waals surface area contributed by atoms with Crippen LogP contribution in [0, 0.1) is 0 Å². The number of pyridine rings is 1. The van der Waals surface area contributed by atoms with Crippen LogP contribution in [-0.4, -0.2) is 34.0 Å². The van der Waals surface area contributed by atoms with Crippen molar-refractivity contribution in [3.8, 4) is 0 Å². The third-order valence-electron chi connectivity index (χ3n) is 2.90. The summed E-state index contributed by atoms with van der Waals surface area (Å²) in [5, 5.41) is 4.17. The Morgan fingerprint density at radius 2 is 1.95 bits per heavy atom. The highest BCUT2D eigenvalue weighted by Gasteiger charge is 2.06. The molecule has 0 atom stereocenters. The lowest BCUT2D eigenvalue weighted by atomic mass is 10.2. The molecule has 7 nitrogen and oxygen atoms in total. The number of benzene rings is 1. The Morgan fingerprint density at radius 1 is 1.10 bits per heavy atom. The summed E-state index contributed by atoms with van der Waals surface area (Å²) in [5.74, 6) is 1.10. The zero-order valence-electron chi connectivity index (χ0n) is 11.8. The summed E-state index contributed by atoms with van der Waals surface area (Å²) in [4.78, 5) is 18.5. The molecule has 7 heteroatoms. The van der Waals surface area contributed by atoms with Gasteiger partial charge in [-0.15, -0.1) is 0 Å². The Morgan fingerprint density at radius 3 is 2.76 bits per heavy atom. The summed E-state index contributed by atoms with van der Waals surface area (Å²) >= 11 is 0. The molecule has 21 heavy (non-hydrogen) atoms. The maximum atomic E-state index is 5.70. The van der Waals surface area contributed by atoms with Gasteiger partial charge in [0.2, 0.25) is 17.8 Å². The average molecular weight is 281 g/mol. The van der Waals surface area contributed by atoms with Gasteiger partial charge in [0.1, 0.15) is 0 Å². The number of nitrogens with two attached hydrogens (primary N) is 1. The maximum Gasteiger partial charge on any atom is 0.233 e. The first-order chi connectivity index (χ1) is 10.1. The predicted octanol–water partition coefficient (Wildman–Crippen LogP) is 1.81. The van der Waals surface area contributed by atoms with E-state index >= 15 is 0 Å². The van der Waals surface area contributed by atoms with E-state index in [0.717, 1.165) is 16.6 Å². The van der Waals surface area contributed by atoms with E-state index in [1.165, 1.54) is 0 Å². The molecule has 0 fully saturated rings.